The molecule has 0 spiro atoms. The first-order valence-corrected chi connectivity index (χ1v) is 8.85. The number of hydrogen-bond acceptors (Lipinski definition) is 3. The maximum absolute atomic E-state index is 12.7. The fourth-order valence-electron chi connectivity index (χ4n) is 2.77. The zero-order chi connectivity index (χ0) is 19.1. The molecule has 0 aliphatic carbocycles. The van der Waals surface area contributed by atoms with Crippen molar-refractivity contribution < 1.29 is 9.53 Å². The molecule has 0 saturated carbocycles. The zero-order valence-corrected chi connectivity index (χ0v) is 15.1. The number of para-hydroxylation sites is 1. The molecule has 0 atom stereocenters. The van der Waals surface area contributed by atoms with E-state index >= 15 is 0 Å². The van der Waals surface area contributed by atoms with Crippen LogP contribution in [0.5, 0.6) is 5.75 Å². The average molecular weight is 356 g/mol. The van der Waals surface area contributed by atoms with Crippen LogP contribution in [0.2, 0.25) is 0 Å². The number of nitrogens with one attached hydrogen (secondary N) is 1. The number of ether oxygens (including phenoxy) is 1. The fraction of sp³-hybridized carbons (Fsp3) is 0.130. The maximum Gasteiger partial charge on any atom is 0.266 e. The molecule has 0 unspecified atom stereocenters. The van der Waals surface area contributed by atoms with E-state index in [2.05, 4.69) is 5.32 Å². The molecule has 3 rings (SSSR count). The Morgan fingerprint density at radius 2 is 1.81 bits per heavy atom. The maximum atomic E-state index is 12.7. The van der Waals surface area contributed by atoms with E-state index in [9.17, 15) is 10.1 Å². The molecule has 0 aliphatic rings. The third-order valence-electron chi connectivity index (χ3n) is 4.08. The highest BCUT2D eigenvalue weighted by molar-refractivity contribution is 6.13. The molecule has 0 heterocycles. The lowest BCUT2D eigenvalue weighted by Crippen LogP contribution is -2.13. The summed E-state index contributed by atoms with van der Waals surface area (Å²) in [5, 5.41) is 14.3. The van der Waals surface area contributed by atoms with Crippen molar-refractivity contribution in [2.45, 2.75) is 13.3 Å². The van der Waals surface area contributed by atoms with Crippen LogP contribution in [0.25, 0.3) is 16.8 Å². The van der Waals surface area contributed by atoms with Crippen molar-refractivity contribution >= 4 is 28.4 Å². The molecule has 1 N–H and O–H groups in total. The number of amides is 1. The average Bonchev–Trinajstić information content (AvgIpc) is 2.71. The Morgan fingerprint density at radius 1 is 1.07 bits per heavy atom. The Bertz CT molecular complexity index is 1030. The minimum Gasteiger partial charge on any atom is -0.493 e. The Labute approximate surface area is 158 Å². The monoisotopic (exact) mass is 356 g/mol. The number of benzene rings is 3. The third-order valence-corrected chi connectivity index (χ3v) is 4.08. The summed E-state index contributed by atoms with van der Waals surface area (Å²) >= 11 is 0. The Balaban J connectivity index is 1.89. The molecule has 134 valence electrons. The first kappa shape index (κ1) is 18.2. The van der Waals surface area contributed by atoms with Crippen LogP contribution < -0.4 is 10.1 Å². The van der Waals surface area contributed by atoms with Gasteiger partial charge < -0.3 is 10.1 Å². The van der Waals surface area contributed by atoms with Crippen molar-refractivity contribution in [1.82, 2.24) is 0 Å². The molecule has 0 saturated heterocycles. The molecule has 27 heavy (non-hydrogen) atoms. The van der Waals surface area contributed by atoms with Crippen LogP contribution in [0.3, 0.4) is 0 Å². The molecule has 3 aromatic rings. The second kappa shape index (κ2) is 8.68. The molecule has 0 radical (unpaired) electrons. The SMILES string of the molecule is CCCOc1ccccc1/C=C(\C#N)C(=O)Nc1cccc2ccccc12. The lowest BCUT2D eigenvalue weighted by atomic mass is 10.1. The van der Waals surface area contributed by atoms with Gasteiger partial charge in [0.15, 0.2) is 0 Å². The normalized spacial score (nSPS) is 11.0. The van der Waals surface area contributed by atoms with Crippen LogP contribution in [0.1, 0.15) is 18.9 Å². The van der Waals surface area contributed by atoms with Crippen LogP contribution in [-0.2, 0) is 4.79 Å². The first-order chi connectivity index (χ1) is 13.2. The number of hydrogen-bond donors (Lipinski definition) is 1. The van der Waals surface area contributed by atoms with Crippen molar-refractivity contribution in [2.24, 2.45) is 0 Å². The fourth-order valence-corrected chi connectivity index (χ4v) is 2.77. The van der Waals surface area contributed by atoms with E-state index in [0.29, 0.717) is 23.6 Å². The van der Waals surface area contributed by atoms with Gasteiger partial charge in [0, 0.05) is 16.6 Å². The van der Waals surface area contributed by atoms with Crippen molar-refractivity contribution in [3.05, 3.63) is 77.9 Å². The van der Waals surface area contributed by atoms with Gasteiger partial charge in [0.05, 0.1) is 6.61 Å². The number of anilines is 1. The third kappa shape index (κ3) is 4.34. The van der Waals surface area contributed by atoms with E-state index in [4.69, 9.17) is 4.74 Å². The molecule has 0 fully saturated rings. The number of carbonyl (C=O) groups excluding carboxylic acids is 1. The summed E-state index contributed by atoms with van der Waals surface area (Å²) in [7, 11) is 0. The molecule has 0 bridgehead atoms. The standard InChI is InChI=1S/C23H20N2O2/c1-2-14-27-22-13-6-4-9-18(22)15-19(16-24)23(26)25-21-12-7-10-17-8-3-5-11-20(17)21/h3-13,15H,2,14H2,1H3,(H,25,26)/b19-15+. The molecule has 4 nitrogen and oxygen atoms in total. The van der Waals surface area contributed by atoms with E-state index in [1.54, 1.807) is 6.08 Å². The smallest absolute Gasteiger partial charge is 0.266 e. The second-order valence-corrected chi connectivity index (χ2v) is 6.04. The van der Waals surface area contributed by atoms with Crippen molar-refractivity contribution in [3.8, 4) is 11.8 Å². The minimum atomic E-state index is -0.445. The van der Waals surface area contributed by atoms with E-state index in [-0.39, 0.29) is 5.57 Å². The first-order valence-electron chi connectivity index (χ1n) is 8.85. The van der Waals surface area contributed by atoms with Crippen LogP contribution in [-0.4, -0.2) is 12.5 Å². The second-order valence-electron chi connectivity index (χ2n) is 6.04. The number of carbonyl (C=O) groups is 1. The quantitative estimate of drug-likeness (QED) is 0.489. The Kier molecular flexibility index (Phi) is 5.86. The van der Waals surface area contributed by atoms with Gasteiger partial charge in [-0.1, -0.05) is 61.5 Å². The summed E-state index contributed by atoms with van der Waals surface area (Å²) < 4.78 is 5.70. The van der Waals surface area contributed by atoms with Crippen LogP contribution in [0, 0.1) is 11.3 Å². The summed E-state index contributed by atoms with van der Waals surface area (Å²) in [6.07, 6.45) is 2.44. The highest BCUT2D eigenvalue weighted by Gasteiger charge is 2.12. The summed E-state index contributed by atoms with van der Waals surface area (Å²) in [4.78, 5) is 12.7. The topological polar surface area (TPSA) is 62.1 Å². The largest absolute Gasteiger partial charge is 0.493 e. The predicted octanol–water partition coefficient (Wildman–Crippen LogP) is 5.17. The van der Waals surface area contributed by atoms with E-state index in [1.807, 2.05) is 79.7 Å². The van der Waals surface area contributed by atoms with Crippen molar-refractivity contribution in [2.75, 3.05) is 11.9 Å². The summed E-state index contributed by atoms with van der Waals surface area (Å²) in [6.45, 7) is 2.60. The molecule has 0 aliphatic heterocycles. The molecule has 4 heteroatoms. The van der Waals surface area contributed by atoms with Gasteiger partial charge >= 0.3 is 0 Å². The summed E-state index contributed by atoms with van der Waals surface area (Å²) in [6, 6.07) is 22.8. The van der Waals surface area contributed by atoms with Gasteiger partial charge in [-0.2, -0.15) is 5.26 Å². The molecular weight excluding hydrogens is 336 g/mol. The lowest BCUT2D eigenvalue weighted by molar-refractivity contribution is -0.112. The van der Waals surface area contributed by atoms with Gasteiger partial charge in [0.1, 0.15) is 17.4 Å². The Morgan fingerprint density at radius 3 is 2.63 bits per heavy atom. The minimum absolute atomic E-state index is 0.0236. The number of rotatable bonds is 6. The van der Waals surface area contributed by atoms with Crippen molar-refractivity contribution in [3.63, 3.8) is 0 Å². The van der Waals surface area contributed by atoms with Crippen LogP contribution >= 0.6 is 0 Å². The molecule has 3 aromatic carbocycles. The van der Waals surface area contributed by atoms with Gasteiger partial charge in [-0.05, 0) is 30.0 Å². The number of nitrogens with zero attached hydrogens (tertiary/aromatic N) is 1. The summed E-state index contributed by atoms with van der Waals surface area (Å²) in [5.41, 5.74) is 1.40. The van der Waals surface area contributed by atoms with Gasteiger partial charge in [-0.3, -0.25) is 4.79 Å². The van der Waals surface area contributed by atoms with Gasteiger partial charge in [-0.15, -0.1) is 0 Å². The Hall–Kier alpha value is -3.58. The number of fused-ring (bicyclic) bond motifs is 1. The zero-order valence-electron chi connectivity index (χ0n) is 15.1. The van der Waals surface area contributed by atoms with E-state index in [1.165, 1.54) is 0 Å². The summed E-state index contributed by atoms with van der Waals surface area (Å²) in [5.74, 6) is 0.212. The van der Waals surface area contributed by atoms with E-state index < -0.39 is 5.91 Å². The lowest BCUT2D eigenvalue weighted by Gasteiger charge is -2.10. The van der Waals surface area contributed by atoms with Crippen LogP contribution in [0.15, 0.2) is 72.3 Å². The molecule has 1 amide bonds. The number of nitriles is 1. The van der Waals surface area contributed by atoms with Crippen molar-refractivity contribution in [1.29, 1.82) is 5.26 Å². The molecular formula is C23H20N2O2. The van der Waals surface area contributed by atoms with Gasteiger partial charge in [0.2, 0.25) is 0 Å². The van der Waals surface area contributed by atoms with Crippen LogP contribution in [0.4, 0.5) is 5.69 Å². The predicted molar refractivity (Wildman–Crippen MR) is 108 cm³/mol. The van der Waals surface area contributed by atoms with Gasteiger partial charge in [-0.25, -0.2) is 0 Å². The highest BCUT2D eigenvalue weighted by Crippen LogP contribution is 2.25. The van der Waals surface area contributed by atoms with Gasteiger partial charge in [0.25, 0.3) is 5.91 Å². The van der Waals surface area contributed by atoms with E-state index in [0.717, 1.165) is 17.2 Å². The molecule has 0 aromatic heterocycles. The highest BCUT2D eigenvalue weighted by atomic mass is 16.5.